The third kappa shape index (κ3) is 3.22. The number of nitrogens with two attached hydrogens (primary N) is 1. The SMILES string of the molecule is CCC(CC)(CN)NC(=O)c1cc(C)nc2c1cnn2C(C)C. The number of fused-ring (bicyclic) bond motifs is 1. The first kappa shape index (κ1) is 17.4. The van der Waals surface area contributed by atoms with E-state index in [4.69, 9.17) is 5.73 Å². The molecule has 0 fully saturated rings. The Hall–Kier alpha value is -1.95. The number of carbonyl (C=O) groups excluding carboxylic acids is 1. The smallest absolute Gasteiger partial charge is 0.252 e. The van der Waals surface area contributed by atoms with Gasteiger partial charge in [0.25, 0.3) is 5.91 Å². The summed E-state index contributed by atoms with van der Waals surface area (Å²) in [4.78, 5) is 17.4. The van der Waals surface area contributed by atoms with Crippen LogP contribution < -0.4 is 11.1 Å². The number of hydrogen-bond donors (Lipinski definition) is 2. The van der Waals surface area contributed by atoms with Crippen molar-refractivity contribution in [2.45, 2.75) is 59.0 Å². The molecule has 0 aliphatic rings. The molecule has 23 heavy (non-hydrogen) atoms. The summed E-state index contributed by atoms with van der Waals surface area (Å²) in [5, 5.41) is 8.29. The number of aryl methyl sites for hydroxylation is 1. The first-order chi connectivity index (χ1) is 10.9. The molecule has 2 aromatic rings. The van der Waals surface area contributed by atoms with Crippen molar-refractivity contribution in [2.24, 2.45) is 5.73 Å². The molecular weight excluding hydrogens is 290 g/mol. The molecule has 2 heterocycles. The van der Waals surface area contributed by atoms with Gasteiger partial charge in [-0.3, -0.25) is 4.79 Å². The van der Waals surface area contributed by atoms with Crippen LogP contribution in [-0.2, 0) is 0 Å². The number of nitrogens with one attached hydrogen (secondary N) is 1. The number of pyridine rings is 1. The van der Waals surface area contributed by atoms with E-state index in [1.54, 1.807) is 6.20 Å². The molecule has 0 unspecified atom stereocenters. The fourth-order valence-electron chi connectivity index (χ4n) is 2.78. The molecule has 2 rings (SSSR count). The summed E-state index contributed by atoms with van der Waals surface area (Å²) >= 11 is 0. The molecule has 0 aliphatic carbocycles. The Morgan fingerprint density at radius 1 is 1.39 bits per heavy atom. The fourth-order valence-corrected chi connectivity index (χ4v) is 2.78. The van der Waals surface area contributed by atoms with Gasteiger partial charge in [-0.1, -0.05) is 13.8 Å². The van der Waals surface area contributed by atoms with E-state index in [1.807, 2.05) is 45.4 Å². The summed E-state index contributed by atoms with van der Waals surface area (Å²) in [6, 6.07) is 2.00. The number of amides is 1. The number of nitrogens with zero attached hydrogens (tertiary/aromatic N) is 3. The largest absolute Gasteiger partial charge is 0.345 e. The van der Waals surface area contributed by atoms with Crippen molar-refractivity contribution in [3.63, 3.8) is 0 Å². The average Bonchev–Trinajstić information content (AvgIpc) is 2.95. The van der Waals surface area contributed by atoms with Gasteiger partial charge in [-0.25, -0.2) is 9.67 Å². The Morgan fingerprint density at radius 3 is 2.57 bits per heavy atom. The first-order valence-electron chi connectivity index (χ1n) is 8.25. The van der Waals surface area contributed by atoms with Gasteiger partial charge in [0.15, 0.2) is 5.65 Å². The predicted octanol–water partition coefficient (Wildman–Crippen LogP) is 2.57. The zero-order valence-electron chi connectivity index (χ0n) is 14.7. The summed E-state index contributed by atoms with van der Waals surface area (Å²) < 4.78 is 1.84. The molecule has 0 aliphatic heterocycles. The molecule has 0 radical (unpaired) electrons. The van der Waals surface area contributed by atoms with Gasteiger partial charge in [0.1, 0.15) is 0 Å². The van der Waals surface area contributed by atoms with E-state index in [0.717, 1.165) is 29.6 Å². The quantitative estimate of drug-likeness (QED) is 0.857. The molecule has 2 aromatic heterocycles. The fraction of sp³-hybridized carbons (Fsp3) is 0.588. The minimum atomic E-state index is -0.366. The Kier molecular flexibility index (Phi) is 5.04. The lowest BCUT2D eigenvalue weighted by molar-refractivity contribution is 0.0897. The van der Waals surface area contributed by atoms with E-state index < -0.39 is 0 Å². The summed E-state index contributed by atoms with van der Waals surface area (Å²) in [7, 11) is 0. The molecule has 1 amide bonds. The summed E-state index contributed by atoms with van der Waals surface area (Å²) in [6.45, 7) is 10.5. The van der Waals surface area contributed by atoms with Crippen LogP contribution in [0.5, 0.6) is 0 Å². The highest BCUT2D eigenvalue weighted by Gasteiger charge is 2.28. The second-order valence-corrected chi connectivity index (χ2v) is 6.38. The van der Waals surface area contributed by atoms with Gasteiger partial charge < -0.3 is 11.1 Å². The van der Waals surface area contributed by atoms with Crippen LogP contribution in [0, 0.1) is 6.92 Å². The molecule has 0 bridgehead atoms. The Morgan fingerprint density at radius 2 is 2.04 bits per heavy atom. The van der Waals surface area contributed by atoms with Crippen LogP contribution in [0.1, 0.15) is 62.6 Å². The van der Waals surface area contributed by atoms with E-state index >= 15 is 0 Å². The zero-order valence-corrected chi connectivity index (χ0v) is 14.7. The average molecular weight is 317 g/mol. The lowest BCUT2D eigenvalue weighted by Gasteiger charge is -2.31. The van der Waals surface area contributed by atoms with Gasteiger partial charge in [-0.05, 0) is 39.7 Å². The maximum Gasteiger partial charge on any atom is 0.252 e. The van der Waals surface area contributed by atoms with E-state index in [9.17, 15) is 4.79 Å². The van der Waals surface area contributed by atoms with Crippen LogP contribution >= 0.6 is 0 Å². The van der Waals surface area contributed by atoms with E-state index in [2.05, 4.69) is 15.4 Å². The molecule has 126 valence electrons. The van der Waals surface area contributed by atoms with Crippen molar-refractivity contribution in [3.05, 3.63) is 23.5 Å². The molecule has 0 saturated carbocycles. The molecule has 3 N–H and O–H groups in total. The molecule has 6 nitrogen and oxygen atoms in total. The number of hydrogen-bond acceptors (Lipinski definition) is 4. The predicted molar refractivity (Wildman–Crippen MR) is 92.5 cm³/mol. The molecule has 6 heteroatoms. The van der Waals surface area contributed by atoms with Crippen molar-refractivity contribution in [2.75, 3.05) is 6.54 Å². The Balaban J connectivity index is 2.49. The van der Waals surface area contributed by atoms with Crippen molar-refractivity contribution >= 4 is 16.9 Å². The van der Waals surface area contributed by atoms with Crippen molar-refractivity contribution in [3.8, 4) is 0 Å². The lowest BCUT2D eigenvalue weighted by atomic mass is 9.92. The maximum absolute atomic E-state index is 12.9. The zero-order chi connectivity index (χ0) is 17.2. The second-order valence-electron chi connectivity index (χ2n) is 6.38. The number of rotatable bonds is 6. The highest BCUT2D eigenvalue weighted by atomic mass is 16.1. The second kappa shape index (κ2) is 6.66. The molecule has 0 spiro atoms. The van der Waals surface area contributed by atoms with Crippen molar-refractivity contribution in [1.82, 2.24) is 20.1 Å². The highest BCUT2D eigenvalue weighted by Crippen LogP contribution is 2.22. The van der Waals surface area contributed by atoms with Gasteiger partial charge in [0, 0.05) is 18.3 Å². The van der Waals surface area contributed by atoms with Crippen LogP contribution in [0.25, 0.3) is 11.0 Å². The van der Waals surface area contributed by atoms with Gasteiger partial charge in [0.05, 0.1) is 22.7 Å². The van der Waals surface area contributed by atoms with Gasteiger partial charge in [-0.15, -0.1) is 0 Å². The van der Waals surface area contributed by atoms with Crippen molar-refractivity contribution < 1.29 is 4.79 Å². The van der Waals surface area contributed by atoms with Crippen LogP contribution in [0.3, 0.4) is 0 Å². The Bertz CT molecular complexity index is 692. The third-order valence-corrected chi connectivity index (χ3v) is 4.55. The highest BCUT2D eigenvalue weighted by molar-refractivity contribution is 6.05. The van der Waals surface area contributed by atoms with E-state index in [0.29, 0.717) is 12.1 Å². The monoisotopic (exact) mass is 317 g/mol. The molecule has 0 atom stereocenters. The van der Waals surface area contributed by atoms with E-state index in [-0.39, 0.29) is 17.5 Å². The standard InChI is InChI=1S/C17H27N5O/c1-6-17(7-2,10-18)21-16(23)13-8-12(5)20-15-14(13)9-19-22(15)11(3)4/h8-9,11H,6-7,10,18H2,1-5H3,(H,21,23). The molecular formula is C17H27N5O. The maximum atomic E-state index is 12.9. The van der Waals surface area contributed by atoms with Gasteiger partial charge in [-0.2, -0.15) is 5.10 Å². The van der Waals surface area contributed by atoms with E-state index in [1.165, 1.54) is 0 Å². The molecule has 0 aromatic carbocycles. The third-order valence-electron chi connectivity index (χ3n) is 4.55. The summed E-state index contributed by atoms with van der Waals surface area (Å²) in [6.07, 6.45) is 3.31. The first-order valence-corrected chi connectivity index (χ1v) is 8.25. The number of aromatic nitrogens is 3. The Labute approximate surface area is 137 Å². The topological polar surface area (TPSA) is 85.8 Å². The minimum Gasteiger partial charge on any atom is -0.345 e. The van der Waals surface area contributed by atoms with Crippen LogP contribution in [0.4, 0.5) is 0 Å². The van der Waals surface area contributed by atoms with Crippen LogP contribution in [0.15, 0.2) is 12.3 Å². The van der Waals surface area contributed by atoms with Gasteiger partial charge >= 0.3 is 0 Å². The van der Waals surface area contributed by atoms with Crippen LogP contribution in [-0.4, -0.2) is 32.8 Å². The normalized spacial score (nSPS) is 12.1. The lowest BCUT2D eigenvalue weighted by Crippen LogP contribution is -2.52. The van der Waals surface area contributed by atoms with Crippen molar-refractivity contribution in [1.29, 1.82) is 0 Å². The number of carbonyl (C=O) groups is 1. The summed E-state index contributed by atoms with van der Waals surface area (Å²) in [5.74, 6) is -0.113. The molecule has 0 saturated heterocycles. The minimum absolute atomic E-state index is 0.113. The summed E-state index contributed by atoms with van der Waals surface area (Å²) in [5.41, 5.74) is 7.69. The van der Waals surface area contributed by atoms with Crippen LogP contribution in [0.2, 0.25) is 0 Å². The van der Waals surface area contributed by atoms with Gasteiger partial charge in [0.2, 0.25) is 0 Å².